The summed E-state index contributed by atoms with van der Waals surface area (Å²) in [6.07, 6.45) is 20.9. The quantitative estimate of drug-likeness (QED) is 0.164. The van der Waals surface area contributed by atoms with Crippen molar-refractivity contribution < 1.29 is 19.0 Å². The second-order valence-electron chi connectivity index (χ2n) is 8.61. The zero-order chi connectivity index (χ0) is 20.3. The maximum Gasteiger partial charge on any atom is 0.305 e. The summed E-state index contributed by atoms with van der Waals surface area (Å²) in [5, 5.41) is 0. The van der Waals surface area contributed by atoms with Crippen LogP contribution in [0.25, 0.3) is 0 Å². The van der Waals surface area contributed by atoms with Crippen LogP contribution < -0.4 is 0 Å². The summed E-state index contributed by atoms with van der Waals surface area (Å²) in [5.41, 5.74) is 0.736. The SMILES string of the molecule is CCCCCCCCC1(CCCCCCCC(=O)OCCOCCOC)CC1. The monoisotopic (exact) mass is 398 g/mol. The maximum absolute atomic E-state index is 11.6. The first-order valence-corrected chi connectivity index (χ1v) is 11.9. The zero-order valence-corrected chi connectivity index (χ0v) is 18.8. The molecule has 0 aromatic heterocycles. The van der Waals surface area contributed by atoms with Gasteiger partial charge >= 0.3 is 5.97 Å². The number of hydrogen-bond acceptors (Lipinski definition) is 4. The van der Waals surface area contributed by atoms with Crippen LogP contribution in [0.3, 0.4) is 0 Å². The highest BCUT2D eigenvalue weighted by molar-refractivity contribution is 5.69. The summed E-state index contributed by atoms with van der Waals surface area (Å²) in [7, 11) is 1.64. The molecule has 0 N–H and O–H groups in total. The molecule has 0 saturated heterocycles. The molecule has 0 aromatic carbocycles. The Morgan fingerprint density at radius 3 is 1.93 bits per heavy atom. The van der Waals surface area contributed by atoms with E-state index in [0.29, 0.717) is 32.8 Å². The van der Waals surface area contributed by atoms with E-state index in [-0.39, 0.29) is 5.97 Å². The van der Waals surface area contributed by atoms with Crippen molar-refractivity contribution in [2.24, 2.45) is 5.41 Å². The Kier molecular flexibility index (Phi) is 15.7. The minimum absolute atomic E-state index is 0.0915. The van der Waals surface area contributed by atoms with Gasteiger partial charge in [-0.3, -0.25) is 4.79 Å². The fraction of sp³-hybridized carbons (Fsp3) is 0.958. The van der Waals surface area contributed by atoms with Gasteiger partial charge in [0.2, 0.25) is 0 Å². The van der Waals surface area contributed by atoms with Crippen LogP contribution in [0.1, 0.15) is 110 Å². The normalized spacial score (nSPS) is 14.9. The third kappa shape index (κ3) is 14.4. The van der Waals surface area contributed by atoms with E-state index in [1.165, 1.54) is 83.5 Å². The number of carbonyl (C=O) groups excluding carboxylic acids is 1. The van der Waals surface area contributed by atoms with Gasteiger partial charge < -0.3 is 14.2 Å². The average molecular weight is 399 g/mol. The Morgan fingerprint density at radius 1 is 0.750 bits per heavy atom. The number of hydrogen-bond donors (Lipinski definition) is 0. The van der Waals surface area contributed by atoms with Gasteiger partial charge in [0, 0.05) is 13.5 Å². The van der Waals surface area contributed by atoms with Crippen molar-refractivity contribution in [3.63, 3.8) is 0 Å². The molecule has 0 amide bonds. The highest BCUT2D eigenvalue weighted by atomic mass is 16.6. The molecule has 0 unspecified atom stereocenters. The van der Waals surface area contributed by atoms with Gasteiger partial charge in [-0.1, -0.05) is 71.1 Å². The van der Waals surface area contributed by atoms with Gasteiger partial charge in [0.1, 0.15) is 6.61 Å². The van der Waals surface area contributed by atoms with Crippen LogP contribution >= 0.6 is 0 Å². The van der Waals surface area contributed by atoms with E-state index in [1.54, 1.807) is 7.11 Å². The van der Waals surface area contributed by atoms with E-state index in [1.807, 2.05) is 0 Å². The van der Waals surface area contributed by atoms with Gasteiger partial charge in [0.05, 0.1) is 19.8 Å². The van der Waals surface area contributed by atoms with Crippen LogP contribution in [0.15, 0.2) is 0 Å². The summed E-state index contributed by atoms with van der Waals surface area (Å²) < 4.78 is 15.3. The fourth-order valence-electron chi connectivity index (χ4n) is 3.91. The van der Waals surface area contributed by atoms with Gasteiger partial charge in [-0.2, -0.15) is 0 Å². The largest absolute Gasteiger partial charge is 0.463 e. The molecular formula is C24H46O4. The van der Waals surface area contributed by atoms with E-state index in [4.69, 9.17) is 14.2 Å². The van der Waals surface area contributed by atoms with E-state index in [9.17, 15) is 4.79 Å². The zero-order valence-electron chi connectivity index (χ0n) is 18.8. The summed E-state index contributed by atoms with van der Waals surface area (Å²) in [5.74, 6) is -0.0915. The van der Waals surface area contributed by atoms with Crippen molar-refractivity contribution in [1.29, 1.82) is 0 Å². The molecule has 166 valence electrons. The Morgan fingerprint density at radius 2 is 1.32 bits per heavy atom. The molecule has 0 radical (unpaired) electrons. The second kappa shape index (κ2) is 17.3. The van der Waals surface area contributed by atoms with E-state index in [2.05, 4.69) is 6.92 Å². The minimum atomic E-state index is -0.0915. The molecule has 4 heteroatoms. The minimum Gasteiger partial charge on any atom is -0.463 e. The van der Waals surface area contributed by atoms with Gasteiger partial charge in [-0.15, -0.1) is 0 Å². The molecular weight excluding hydrogens is 352 g/mol. The van der Waals surface area contributed by atoms with Crippen molar-refractivity contribution in [2.75, 3.05) is 33.5 Å². The molecule has 0 heterocycles. The number of methoxy groups -OCH3 is 1. The lowest BCUT2D eigenvalue weighted by molar-refractivity contribution is -0.145. The molecule has 0 aromatic rings. The van der Waals surface area contributed by atoms with Crippen molar-refractivity contribution in [1.82, 2.24) is 0 Å². The van der Waals surface area contributed by atoms with Crippen LogP contribution in [0.2, 0.25) is 0 Å². The van der Waals surface area contributed by atoms with Gasteiger partial charge in [-0.25, -0.2) is 0 Å². The lowest BCUT2D eigenvalue weighted by atomic mass is 9.91. The average Bonchev–Trinajstić information content (AvgIpc) is 3.46. The third-order valence-corrected chi connectivity index (χ3v) is 6.03. The first-order valence-electron chi connectivity index (χ1n) is 11.9. The molecule has 28 heavy (non-hydrogen) atoms. The number of unbranched alkanes of at least 4 members (excludes halogenated alkanes) is 9. The van der Waals surface area contributed by atoms with E-state index < -0.39 is 0 Å². The van der Waals surface area contributed by atoms with Crippen molar-refractivity contribution >= 4 is 5.97 Å². The van der Waals surface area contributed by atoms with Crippen molar-refractivity contribution in [2.45, 2.75) is 110 Å². The van der Waals surface area contributed by atoms with Crippen LogP contribution in [0.5, 0.6) is 0 Å². The van der Waals surface area contributed by atoms with Crippen LogP contribution in [-0.2, 0) is 19.0 Å². The van der Waals surface area contributed by atoms with Crippen LogP contribution in [0, 0.1) is 5.41 Å². The predicted octanol–water partition coefficient (Wildman–Crippen LogP) is 6.45. The fourth-order valence-corrected chi connectivity index (χ4v) is 3.91. The third-order valence-electron chi connectivity index (χ3n) is 6.03. The molecule has 0 aliphatic heterocycles. The van der Waals surface area contributed by atoms with E-state index in [0.717, 1.165) is 18.3 Å². The molecule has 1 saturated carbocycles. The van der Waals surface area contributed by atoms with Crippen LogP contribution in [0.4, 0.5) is 0 Å². The molecule has 1 aliphatic carbocycles. The molecule has 0 spiro atoms. The van der Waals surface area contributed by atoms with E-state index >= 15 is 0 Å². The molecule has 0 atom stereocenters. The first kappa shape index (κ1) is 25.4. The number of carbonyl (C=O) groups is 1. The lowest BCUT2D eigenvalue weighted by Crippen LogP contribution is -2.12. The Bertz CT molecular complexity index is 366. The highest BCUT2D eigenvalue weighted by Crippen LogP contribution is 2.53. The molecule has 1 rings (SSSR count). The second-order valence-corrected chi connectivity index (χ2v) is 8.61. The number of esters is 1. The maximum atomic E-state index is 11.6. The molecule has 1 aliphatic rings. The first-order chi connectivity index (χ1) is 13.7. The number of ether oxygens (including phenoxy) is 3. The van der Waals surface area contributed by atoms with Gasteiger partial charge in [0.15, 0.2) is 0 Å². The highest BCUT2D eigenvalue weighted by Gasteiger charge is 2.40. The van der Waals surface area contributed by atoms with Gasteiger partial charge in [-0.05, 0) is 37.5 Å². The summed E-state index contributed by atoms with van der Waals surface area (Å²) in [6.45, 7) is 4.22. The molecule has 1 fully saturated rings. The predicted molar refractivity (Wildman–Crippen MR) is 116 cm³/mol. The summed E-state index contributed by atoms with van der Waals surface area (Å²) in [6, 6.07) is 0. The van der Waals surface area contributed by atoms with Crippen molar-refractivity contribution in [3.8, 4) is 0 Å². The van der Waals surface area contributed by atoms with Crippen LogP contribution in [-0.4, -0.2) is 39.5 Å². The number of rotatable bonds is 21. The smallest absolute Gasteiger partial charge is 0.305 e. The van der Waals surface area contributed by atoms with Crippen molar-refractivity contribution in [3.05, 3.63) is 0 Å². The Balaban J connectivity index is 1.84. The molecule has 4 nitrogen and oxygen atoms in total. The summed E-state index contributed by atoms with van der Waals surface area (Å²) in [4.78, 5) is 11.6. The Hall–Kier alpha value is -0.610. The lowest BCUT2D eigenvalue weighted by Gasteiger charge is -2.14. The standard InChI is InChI=1S/C24H46O4/c1-3-4-5-6-9-12-15-24(17-18-24)16-13-10-7-8-11-14-23(25)28-22-21-27-20-19-26-2/h3-22H2,1-2H3. The molecule has 0 bridgehead atoms. The summed E-state index contributed by atoms with van der Waals surface area (Å²) >= 11 is 0. The Labute approximate surface area is 174 Å². The topological polar surface area (TPSA) is 44.8 Å². The van der Waals surface area contributed by atoms with Gasteiger partial charge in [0.25, 0.3) is 0 Å².